The maximum Gasteiger partial charge on any atom is 0.321 e. The van der Waals surface area contributed by atoms with Crippen LogP contribution >= 0.6 is 11.3 Å². The third kappa shape index (κ3) is 4.35. The first kappa shape index (κ1) is 19.7. The van der Waals surface area contributed by atoms with Crippen LogP contribution in [0.1, 0.15) is 16.3 Å². The van der Waals surface area contributed by atoms with Crippen molar-refractivity contribution in [3.05, 3.63) is 38.8 Å². The molecule has 12 nitrogen and oxygen atoms in total. The fraction of sp³-hybridized carbons (Fsp3) is 0.353. The lowest BCUT2D eigenvalue weighted by Crippen LogP contribution is -2.30. The molecule has 158 valence electrons. The molecular weight excluding hydrogens is 414 g/mol. The van der Waals surface area contributed by atoms with Gasteiger partial charge in [0.05, 0.1) is 33.0 Å². The zero-order valence-electron chi connectivity index (χ0n) is 16.2. The Morgan fingerprint density at radius 2 is 2.17 bits per heavy atom. The minimum atomic E-state index is -0.438. The minimum absolute atomic E-state index is 0.0841. The van der Waals surface area contributed by atoms with Crippen LogP contribution in [0.15, 0.2) is 21.5 Å². The number of aromatic amines is 1. The van der Waals surface area contributed by atoms with E-state index in [9.17, 15) is 9.59 Å². The van der Waals surface area contributed by atoms with Gasteiger partial charge in [0.2, 0.25) is 5.88 Å². The molecule has 2 amide bonds. The lowest BCUT2D eigenvalue weighted by atomic mass is 10.2. The van der Waals surface area contributed by atoms with Crippen LogP contribution in [-0.2, 0) is 19.5 Å². The summed E-state index contributed by atoms with van der Waals surface area (Å²) in [7, 11) is 3.04. The van der Waals surface area contributed by atoms with Crippen LogP contribution in [-0.4, -0.2) is 46.9 Å². The highest BCUT2D eigenvalue weighted by Gasteiger charge is 2.23. The smallest absolute Gasteiger partial charge is 0.321 e. The van der Waals surface area contributed by atoms with Crippen molar-refractivity contribution in [1.82, 2.24) is 25.4 Å². The number of rotatable bonds is 6. The molecule has 0 unspecified atom stereocenters. The summed E-state index contributed by atoms with van der Waals surface area (Å²) in [4.78, 5) is 39.2. The third-order valence-corrected chi connectivity index (χ3v) is 5.33. The maximum absolute atomic E-state index is 12.1. The molecule has 4 heterocycles. The van der Waals surface area contributed by atoms with Crippen molar-refractivity contribution in [2.45, 2.75) is 19.5 Å². The van der Waals surface area contributed by atoms with E-state index in [1.54, 1.807) is 6.07 Å². The maximum atomic E-state index is 12.1. The molecule has 13 heteroatoms. The predicted octanol–water partition coefficient (Wildman–Crippen LogP) is 1.12. The van der Waals surface area contributed by atoms with Gasteiger partial charge >= 0.3 is 12.0 Å². The Bertz CT molecular complexity index is 1090. The number of nitrogens with one attached hydrogen (secondary N) is 3. The molecule has 0 radical (unpaired) electrons. The summed E-state index contributed by atoms with van der Waals surface area (Å²) in [5, 5.41) is 7.98. The molecule has 0 bridgehead atoms. The van der Waals surface area contributed by atoms with Gasteiger partial charge in [-0.2, -0.15) is 15.1 Å². The van der Waals surface area contributed by atoms with Crippen molar-refractivity contribution in [2.24, 2.45) is 0 Å². The van der Waals surface area contributed by atoms with Gasteiger partial charge in [0, 0.05) is 30.0 Å². The van der Waals surface area contributed by atoms with Crippen LogP contribution in [0, 0.1) is 0 Å². The molecule has 0 saturated carbocycles. The fourth-order valence-electron chi connectivity index (χ4n) is 2.91. The van der Waals surface area contributed by atoms with Crippen LogP contribution in [0.3, 0.4) is 0 Å². The molecule has 0 aliphatic carbocycles. The van der Waals surface area contributed by atoms with Crippen molar-refractivity contribution in [3.63, 3.8) is 0 Å². The normalized spacial score (nSPS) is 12.9. The van der Waals surface area contributed by atoms with Crippen molar-refractivity contribution < 1.29 is 18.8 Å². The zero-order chi connectivity index (χ0) is 21.1. The Kier molecular flexibility index (Phi) is 5.52. The van der Waals surface area contributed by atoms with E-state index in [0.29, 0.717) is 42.1 Å². The van der Waals surface area contributed by atoms with Crippen molar-refractivity contribution in [2.75, 3.05) is 31.0 Å². The summed E-state index contributed by atoms with van der Waals surface area (Å²) in [6.45, 7) is 1.38. The predicted molar refractivity (Wildman–Crippen MR) is 107 cm³/mol. The molecule has 4 rings (SSSR count). The molecule has 0 aromatic carbocycles. The van der Waals surface area contributed by atoms with Crippen molar-refractivity contribution in [3.8, 4) is 11.9 Å². The van der Waals surface area contributed by atoms with Gasteiger partial charge in [0.15, 0.2) is 10.9 Å². The van der Waals surface area contributed by atoms with E-state index in [1.807, 2.05) is 0 Å². The van der Waals surface area contributed by atoms with Gasteiger partial charge in [0.1, 0.15) is 5.82 Å². The number of carbonyl (C=O) groups excluding carboxylic acids is 1. The van der Waals surface area contributed by atoms with E-state index in [2.05, 4.69) is 35.6 Å². The Labute approximate surface area is 174 Å². The van der Waals surface area contributed by atoms with E-state index in [4.69, 9.17) is 14.0 Å². The number of fused-ring (bicyclic) bond motifs is 1. The quantitative estimate of drug-likeness (QED) is 0.520. The summed E-state index contributed by atoms with van der Waals surface area (Å²) in [5.41, 5.74) is 0.583. The molecule has 3 aromatic rings. The average molecular weight is 433 g/mol. The zero-order valence-corrected chi connectivity index (χ0v) is 17.0. The highest BCUT2D eigenvalue weighted by atomic mass is 32.1. The molecule has 3 N–H and O–H groups in total. The van der Waals surface area contributed by atoms with Gasteiger partial charge in [-0.1, -0.05) is 11.3 Å². The Hall–Kier alpha value is -3.61. The SMILES string of the molecule is COc1cc(N2CCc3nc(NC(=O)NCc4cc(=O)[nH]o4)sc3C2)nc(OC)n1. The van der Waals surface area contributed by atoms with Gasteiger partial charge in [0.25, 0.3) is 5.56 Å². The van der Waals surface area contributed by atoms with Gasteiger partial charge in [-0.15, -0.1) is 0 Å². The number of amides is 2. The average Bonchev–Trinajstić information content (AvgIpc) is 3.36. The number of carbonyl (C=O) groups is 1. The fourth-order valence-corrected chi connectivity index (χ4v) is 3.93. The van der Waals surface area contributed by atoms with Gasteiger partial charge in [-0.25, -0.2) is 9.78 Å². The van der Waals surface area contributed by atoms with Gasteiger partial charge < -0.3 is 24.2 Å². The van der Waals surface area contributed by atoms with Crippen LogP contribution in [0.4, 0.5) is 15.7 Å². The number of aromatic nitrogens is 4. The Balaban J connectivity index is 1.40. The van der Waals surface area contributed by atoms with Crippen LogP contribution in [0.5, 0.6) is 11.9 Å². The van der Waals surface area contributed by atoms with E-state index < -0.39 is 6.03 Å². The monoisotopic (exact) mass is 433 g/mol. The number of hydrogen-bond acceptors (Lipinski definition) is 10. The number of urea groups is 1. The van der Waals surface area contributed by atoms with E-state index >= 15 is 0 Å². The summed E-state index contributed by atoms with van der Waals surface area (Å²) < 4.78 is 15.2. The third-order valence-electron chi connectivity index (χ3n) is 4.33. The highest BCUT2D eigenvalue weighted by Crippen LogP contribution is 2.31. The molecule has 0 saturated heterocycles. The highest BCUT2D eigenvalue weighted by molar-refractivity contribution is 7.15. The topological polar surface area (TPSA) is 148 Å². The van der Waals surface area contributed by atoms with E-state index in [-0.39, 0.29) is 18.1 Å². The molecule has 30 heavy (non-hydrogen) atoms. The van der Waals surface area contributed by atoms with Gasteiger partial charge in [-0.3, -0.25) is 10.1 Å². The molecule has 0 atom stereocenters. The second-order valence-electron chi connectivity index (χ2n) is 6.30. The molecule has 0 fully saturated rings. The second-order valence-corrected chi connectivity index (χ2v) is 7.39. The molecule has 0 spiro atoms. The number of anilines is 2. The minimum Gasteiger partial charge on any atom is -0.481 e. The summed E-state index contributed by atoms with van der Waals surface area (Å²) >= 11 is 1.40. The first-order chi connectivity index (χ1) is 14.5. The van der Waals surface area contributed by atoms with E-state index in [1.165, 1.54) is 31.6 Å². The number of nitrogens with zero attached hydrogens (tertiary/aromatic N) is 4. The first-order valence-corrected chi connectivity index (χ1v) is 9.78. The molecular formula is C17H19N7O5S. The standard InChI is InChI=1S/C17H19N7O5S/c1-27-14-6-12(20-16(21-14)28-2)24-4-3-10-11(8-24)30-17(19-10)22-15(26)18-7-9-5-13(25)23-29-9/h5-6H,3-4,7-8H2,1-2H3,(H,23,25)(H2,18,19,22,26). The van der Waals surface area contributed by atoms with Crippen molar-refractivity contribution in [1.29, 1.82) is 0 Å². The number of methoxy groups -OCH3 is 2. The largest absolute Gasteiger partial charge is 0.481 e. The molecule has 1 aliphatic heterocycles. The van der Waals surface area contributed by atoms with E-state index in [0.717, 1.165) is 10.6 Å². The van der Waals surface area contributed by atoms with Crippen LogP contribution in [0.25, 0.3) is 0 Å². The number of H-pyrrole nitrogens is 1. The Morgan fingerprint density at radius 1 is 1.30 bits per heavy atom. The Morgan fingerprint density at radius 3 is 2.90 bits per heavy atom. The summed E-state index contributed by atoms with van der Waals surface area (Å²) in [6, 6.07) is 2.82. The summed E-state index contributed by atoms with van der Waals surface area (Å²) in [6.07, 6.45) is 0.707. The van der Waals surface area contributed by atoms with Crippen LogP contribution in [0.2, 0.25) is 0 Å². The van der Waals surface area contributed by atoms with Crippen LogP contribution < -0.4 is 30.6 Å². The second kappa shape index (κ2) is 8.41. The number of ether oxygens (including phenoxy) is 2. The van der Waals surface area contributed by atoms with Gasteiger partial charge in [-0.05, 0) is 0 Å². The van der Waals surface area contributed by atoms with Crippen molar-refractivity contribution >= 4 is 28.3 Å². The lowest BCUT2D eigenvalue weighted by molar-refractivity contribution is 0.250. The number of thiazole rings is 1. The lowest BCUT2D eigenvalue weighted by Gasteiger charge is -2.27. The number of hydrogen-bond donors (Lipinski definition) is 3. The molecule has 3 aromatic heterocycles. The first-order valence-electron chi connectivity index (χ1n) is 8.97. The summed E-state index contributed by atoms with van der Waals surface area (Å²) in [5.74, 6) is 1.45. The molecule has 1 aliphatic rings.